The van der Waals surface area contributed by atoms with Gasteiger partial charge in [0.1, 0.15) is 0 Å². The normalized spacial score (nSPS) is 31.2. The van der Waals surface area contributed by atoms with Gasteiger partial charge < -0.3 is 4.74 Å². The number of rotatable bonds is 7. The molecule has 2 aliphatic rings. The fourth-order valence-electron chi connectivity index (χ4n) is 3.48. The number of unbranched alkanes of at least 4 members (excludes halogenated alkanes) is 3. The molecule has 2 rings (SSSR count). The van der Waals surface area contributed by atoms with Crippen LogP contribution < -0.4 is 0 Å². The molecular weight excluding hydrogens is 220 g/mol. The summed E-state index contributed by atoms with van der Waals surface area (Å²) in [7, 11) is 0. The van der Waals surface area contributed by atoms with E-state index in [1.54, 1.807) is 19.3 Å². The summed E-state index contributed by atoms with van der Waals surface area (Å²) < 4.78 is 5.75. The van der Waals surface area contributed by atoms with E-state index in [-0.39, 0.29) is 5.60 Å². The molecule has 0 saturated heterocycles. The van der Waals surface area contributed by atoms with E-state index >= 15 is 0 Å². The monoisotopic (exact) mass is 252 g/mol. The Balaban J connectivity index is 1.39. The van der Waals surface area contributed by atoms with E-state index in [0.29, 0.717) is 0 Å². The van der Waals surface area contributed by atoms with Crippen molar-refractivity contribution in [2.45, 2.75) is 84.2 Å². The third-order valence-corrected chi connectivity index (χ3v) is 4.69. The molecule has 0 aromatic rings. The first-order chi connectivity index (χ1) is 8.54. The van der Waals surface area contributed by atoms with Crippen LogP contribution in [0.15, 0.2) is 0 Å². The number of hydrogen-bond acceptors (Lipinski definition) is 1. The van der Waals surface area contributed by atoms with Crippen LogP contribution in [0.3, 0.4) is 0 Å². The fourth-order valence-corrected chi connectivity index (χ4v) is 3.48. The first-order valence-electron chi connectivity index (χ1n) is 8.18. The van der Waals surface area contributed by atoms with Gasteiger partial charge in [-0.25, -0.2) is 0 Å². The molecule has 0 amide bonds. The molecule has 0 spiro atoms. The van der Waals surface area contributed by atoms with Crippen molar-refractivity contribution in [2.75, 3.05) is 6.61 Å². The minimum atomic E-state index is 0.0445. The maximum absolute atomic E-state index is 5.75. The minimum Gasteiger partial charge on any atom is -0.376 e. The highest BCUT2D eigenvalue weighted by molar-refractivity contribution is 4.92. The average molecular weight is 252 g/mol. The first-order valence-corrected chi connectivity index (χ1v) is 8.18. The number of ether oxygens (including phenoxy) is 1. The Morgan fingerprint density at radius 1 is 0.889 bits per heavy atom. The predicted octanol–water partition coefficient (Wildman–Crippen LogP) is 5.19. The van der Waals surface area contributed by atoms with Crippen molar-refractivity contribution in [2.24, 2.45) is 17.8 Å². The van der Waals surface area contributed by atoms with Gasteiger partial charge in [0, 0.05) is 6.61 Å². The van der Waals surface area contributed by atoms with Crippen LogP contribution in [0.25, 0.3) is 0 Å². The van der Waals surface area contributed by atoms with Crippen molar-refractivity contribution in [1.82, 2.24) is 0 Å². The summed E-state index contributed by atoms with van der Waals surface area (Å²) in [5, 5.41) is 0. The van der Waals surface area contributed by atoms with Crippen LogP contribution in [0.1, 0.15) is 78.6 Å². The van der Waals surface area contributed by atoms with E-state index in [0.717, 1.165) is 24.4 Å². The molecule has 0 aliphatic heterocycles. The van der Waals surface area contributed by atoms with Crippen LogP contribution in [0.5, 0.6) is 0 Å². The Morgan fingerprint density at radius 2 is 1.67 bits per heavy atom. The van der Waals surface area contributed by atoms with E-state index in [9.17, 15) is 0 Å². The third kappa shape index (κ3) is 5.30. The topological polar surface area (TPSA) is 9.23 Å². The van der Waals surface area contributed by atoms with Crippen LogP contribution in [-0.4, -0.2) is 12.2 Å². The van der Waals surface area contributed by atoms with Crippen molar-refractivity contribution in [3.05, 3.63) is 0 Å². The van der Waals surface area contributed by atoms with E-state index in [1.165, 1.54) is 38.5 Å². The third-order valence-electron chi connectivity index (χ3n) is 4.69. The Hall–Kier alpha value is -0.0400. The highest BCUT2D eigenvalue weighted by Crippen LogP contribution is 2.52. The standard InChI is InChI=1S/C17H32O/c1-17(2,3)18-11-7-5-4-6-8-14-9-10-15-13-16(15)12-14/h14-16H,4-13H2,1-3H3. The van der Waals surface area contributed by atoms with Crippen LogP contribution >= 0.6 is 0 Å². The molecule has 2 fully saturated rings. The predicted molar refractivity (Wildman–Crippen MR) is 77.7 cm³/mol. The van der Waals surface area contributed by atoms with E-state index in [4.69, 9.17) is 4.74 Å². The van der Waals surface area contributed by atoms with Gasteiger partial charge in [0.2, 0.25) is 0 Å². The maximum Gasteiger partial charge on any atom is 0.0598 e. The molecule has 2 aliphatic carbocycles. The number of fused-ring (bicyclic) bond motifs is 1. The summed E-state index contributed by atoms with van der Waals surface area (Å²) >= 11 is 0. The zero-order valence-electron chi connectivity index (χ0n) is 12.7. The molecule has 3 atom stereocenters. The Labute approximate surface area is 114 Å². The lowest BCUT2D eigenvalue weighted by atomic mass is 9.85. The smallest absolute Gasteiger partial charge is 0.0598 e. The lowest BCUT2D eigenvalue weighted by molar-refractivity contribution is -0.00477. The van der Waals surface area contributed by atoms with Crippen molar-refractivity contribution >= 4 is 0 Å². The average Bonchev–Trinajstić information content (AvgIpc) is 3.04. The molecule has 18 heavy (non-hydrogen) atoms. The lowest BCUT2D eigenvalue weighted by Crippen LogP contribution is -2.19. The highest BCUT2D eigenvalue weighted by atomic mass is 16.5. The molecule has 0 N–H and O–H groups in total. The molecule has 0 aromatic heterocycles. The minimum absolute atomic E-state index is 0.0445. The Bertz CT molecular complexity index is 240. The van der Waals surface area contributed by atoms with Crippen LogP contribution in [0.4, 0.5) is 0 Å². The van der Waals surface area contributed by atoms with Crippen molar-refractivity contribution in [1.29, 1.82) is 0 Å². The van der Waals surface area contributed by atoms with Gasteiger partial charge in [-0.2, -0.15) is 0 Å². The van der Waals surface area contributed by atoms with Gasteiger partial charge in [-0.1, -0.05) is 32.1 Å². The van der Waals surface area contributed by atoms with Crippen molar-refractivity contribution < 1.29 is 4.74 Å². The first kappa shape index (κ1) is 14.4. The van der Waals surface area contributed by atoms with Crippen molar-refractivity contribution in [3.8, 4) is 0 Å². The summed E-state index contributed by atoms with van der Waals surface area (Å²) in [5.74, 6) is 3.40. The molecule has 0 aromatic carbocycles. The largest absolute Gasteiger partial charge is 0.376 e. The summed E-state index contributed by atoms with van der Waals surface area (Å²) in [4.78, 5) is 0. The summed E-state index contributed by atoms with van der Waals surface area (Å²) in [6.07, 6.45) is 13.2. The zero-order valence-corrected chi connectivity index (χ0v) is 12.7. The van der Waals surface area contributed by atoms with Crippen LogP contribution in [0, 0.1) is 17.8 Å². The molecule has 3 unspecified atom stereocenters. The van der Waals surface area contributed by atoms with Gasteiger partial charge >= 0.3 is 0 Å². The second-order valence-electron chi connectivity index (χ2n) is 7.60. The SMILES string of the molecule is CC(C)(C)OCCCCCCC1CCC2CC2C1. The maximum atomic E-state index is 5.75. The van der Waals surface area contributed by atoms with Gasteiger partial charge in [-0.15, -0.1) is 0 Å². The molecular formula is C17H32O. The van der Waals surface area contributed by atoms with Gasteiger partial charge in [0.15, 0.2) is 0 Å². The second-order valence-corrected chi connectivity index (χ2v) is 7.60. The fraction of sp³-hybridized carbons (Fsp3) is 1.00. The molecule has 0 bridgehead atoms. The van der Waals surface area contributed by atoms with E-state index in [1.807, 2.05) is 0 Å². The zero-order chi connectivity index (χ0) is 13.0. The molecule has 1 nitrogen and oxygen atoms in total. The highest BCUT2D eigenvalue weighted by Gasteiger charge is 2.41. The summed E-state index contributed by atoms with van der Waals surface area (Å²) in [6, 6.07) is 0. The summed E-state index contributed by atoms with van der Waals surface area (Å²) in [5.41, 5.74) is 0.0445. The van der Waals surface area contributed by atoms with Gasteiger partial charge in [-0.3, -0.25) is 0 Å². The quantitative estimate of drug-likeness (QED) is 0.567. The lowest BCUT2D eigenvalue weighted by Gasteiger charge is -2.21. The van der Waals surface area contributed by atoms with Gasteiger partial charge in [0.05, 0.1) is 5.60 Å². The summed E-state index contributed by atoms with van der Waals surface area (Å²) in [6.45, 7) is 7.36. The van der Waals surface area contributed by atoms with Crippen LogP contribution in [0.2, 0.25) is 0 Å². The van der Waals surface area contributed by atoms with Gasteiger partial charge in [0.25, 0.3) is 0 Å². The van der Waals surface area contributed by atoms with Gasteiger partial charge in [-0.05, 0) is 64.2 Å². The molecule has 0 heterocycles. The van der Waals surface area contributed by atoms with Crippen LogP contribution in [-0.2, 0) is 4.74 Å². The number of hydrogen-bond donors (Lipinski definition) is 0. The van der Waals surface area contributed by atoms with Crippen molar-refractivity contribution in [3.63, 3.8) is 0 Å². The molecule has 1 heteroatoms. The Kier molecular flexibility index (Phi) is 5.12. The Morgan fingerprint density at radius 3 is 2.39 bits per heavy atom. The molecule has 106 valence electrons. The molecule has 2 saturated carbocycles. The van der Waals surface area contributed by atoms with E-state index < -0.39 is 0 Å². The second kappa shape index (κ2) is 6.41. The molecule has 0 radical (unpaired) electrons. The van der Waals surface area contributed by atoms with E-state index in [2.05, 4.69) is 20.8 Å².